The van der Waals surface area contributed by atoms with E-state index >= 15 is 0 Å². The van der Waals surface area contributed by atoms with Crippen molar-refractivity contribution in [1.29, 1.82) is 0 Å². The highest BCUT2D eigenvalue weighted by Gasteiger charge is 2.28. The Hall–Kier alpha value is -1.19. The van der Waals surface area contributed by atoms with Gasteiger partial charge in [-0.05, 0) is 25.0 Å². The molecule has 96 valence electrons. The van der Waals surface area contributed by atoms with Crippen LogP contribution in [0.25, 0.3) is 0 Å². The van der Waals surface area contributed by atoms with Crippen molar-refractivity contribution < 1.29 is 17.9 Å². The third-order valence-corrected chi connectivity index (χ3v) is 2.41. The molecule has 0 heterocycles. The Kier molecular flexibility index (Phi) is 5.32. The molecule has 0 aliphatic carbocycles. The van der Waals surface area contributed by atoms with Crippen LogP contribution in [0.15, 0.2) is 30.3 Å². The summed E-state index contributed by atoms with van der Waals surface area (Å²) in [6.45, 7) is 1.94. The molecule has 0 spiro atoms. The Morgan fingerprint density at radius 2 is 1.76 bits per heavy atom. The third kappa shape index (κ3) is 6.19. The quantitative estimate of drug-likeness (QED) is 0.714. The van der Waals surface area contributed by atoms with Gasteiger partial charge in [0.05, 0.1) is 6.10 Å². The number of benzene rings is 1. The first kappa shape index (κ1) is 13.9. The largest absolute Gasteiger partial charge is 0.490 e. The monoisotopic (exact) mass is 246 g/mol. The molecular formula is C13H17F3O. The van der Waals surface area contributed by atoms with E-state index in [4.69, 9.17) is 4.74 Å². The van der Waals surface area contributed by atoms with Crippen molar-refractivity contribution in [3.05, 3.63) is 30.3 Å². The predicted molar refractivity (Wildman–Crippen MR) is 61.1 cm³/mol. The van der Waals surface area contributed by atoms with Gasteiger partial charge in [0.2, 0.25) is 0 Å². The van der Waals surface area contributed by atoms with Crippen molar-refractivity contribution in [1.82, 2.24) is 0 Å². The Morgan fingerprint density at radius 3 is 2.29 bits per heavy atom. The van der Waals surface area contributed by atoms with Gasteiger partial charge in [-0.15, -0.1) is 0 Å². The normalized spacial score (nSPS) is 13.4. The zero-order valence-electron chi connectivity index (χ0n) is 9.83. The smallest absolute Gasteiger partial charge is 0.389 e. The Labute approximate surface area is 99.6 Å². The molecule has 17 heavy (non-hydrogen) atoms. The first-order valence-corrected chi connectivity index (χ1v) is 5.79. The number of rotatable bonds is 6. The van der Waals surface area contributed by atoms with Crippen molar-refractivity contribution in [3.8, 4) is 5.75 Å². The number of alkyl halides is 3. The molecule has 1 rings (SSSR count). The summed E-state index contributed by atoms with van der Waals surface area (Å²) in [6, 6.07) is 8.98. The van der Waals surface area contributed by atoms with Crippen LogP contribution in [-0.4, -0.2) is 12.3 Å². The highest BCUT2D eigenvalue weighted by molar-refractivity contribution is 5.21. The average Bonchev–Trinajstić information content (AvgIpc) is 2.27. The van der Waals surface area contributed by atoms with E-state index < -0.39 is 12.6 Å². The fourth-order valence-corrected chi connectivity index (χ4v) is 1.60. The van der Waals surface area contributed by atoms with Crippen molar-refractivity contribution in [2.45, 2.75) is 44.9 Å². The molecule has 0 N–H and O–H groups in total. The minimum atomic E-state index is -4.11. The SMILES string of the molecule is CCCC(CCC(F)(F)F)Oc1ccccc1. The van der Waals surface area contributed by atoms with Crippen LogP contribution in [0.3, 0.4) is 0 Å². The summed E-state index contributed by atoms with van der Waals surface area (Å²) < 4.78 is 42.0. The maximum atomic E-state index is 12.1. The lowest BCUT2D eigenvalue weighted by Gasteiger charge is -2.19. The van der Waals surface area contributed by atoms with Gasteiger partial charge in [-0.25, -0.2) is 0 Å². The molecule has 0 radical (unpaired) electrons. The van der Waals surface area contributed by atoms with E-state index in [9.17, 15) is 13.2 Å². The van der Waals surface area contributed by atoms with Gasteiger partial charge in [-0.3, -0.25) is 0 Å². The van der Waals surface area contributed by atoms with Gasteiger partial charge in [0.25, 0.3) is 0 Å². The van der Waals surface area contributed by atoms with E-state index in [0.29, 0.717) is 12.2 Å². The molecule has 1 nitrogen and oxygen atoms in total. The lowest BCUT2D eigenvalue weighted by Crippen LogP contribution is -2.20. The van der Waals surface area contributed by atoms with Crippen LogP contribution in [0.2, 0.25) is 0 Å². The van der Waals surface area contributed by atoms with Gasteiger partial charge in [0.1, 0.15) is 5.75 Å². The van der Waals surface area contributed by atoms with Gasteiger partial charge in [-0.1, -0.05) is 31.5 Å². The molecule has 0 amide bonds. The highest BCUT2D eigenvalue weighted by Crippen LogP contribution is 2.25. The molecule has 1 unspecified atom stereocenters. The van der Waals surface area contributed by atoms with Gasteiger partial charge in [0, 0.05) is 6.42 Å². The summed E-state index contributed by atoms with van der Waals surface area (Å²) in [7, 11) is 0. The molecular weight excluding hydrogens is 229 g/mol. The molecule has 1 aromatic rings. The van der Waals surface area contributed by atoms with E-state index in [2.05, 4.69) is 0 Å². The number of hydrogen-bond donors (Lipinski definition) is 0. The maximum Gasteiger partial charge on any atom is 0.389 e. The van der Waals surface area contributed by atoms with Crippen molar-refractivity contribution in [2.24, 2.45) is 0 Å². The van der Waals surface area contributed by atoms with Crippen molar-refractivity contribution in [2.75, 3.05) is 0 Å². The van der Waals surface area contributed by atoms with Crippen LogP contribution in [0.1, 0.15) is 32.6 Å². The number of para-hydroxylation sites is 1. The molecule has 0 bridgehead atoms. The van der Waals surface area contributed by atoms with Gasteiger partial charge in [0.15, 0.2) is 0 Å². The van der Waals surface area contributed by atoms with Crippen LogP contribution in [0, 0.1) is 0 Å². The Bertz CT molecular complexity index is 308. The predicted octanol–water partition coefficient (Wildman–Crippen LogP) is 4.58. The first-order valence-electron chi connectivity index (χ1n) is 5.79. The first-order chi connectivity index (χ1) is 8.01. The van der Waals surface area contributed by atoms with Crippen LogP contribution in [0.4, 0.5) is 13.2 Å². The fourth-order valence-electron chi connectivity index (χ4n) is 1.60. The van der Waals surface area contributed by atoms with Crippen molar-refractivity contribution >= 4 is 0 Å². The lowest BCUT2D eigenvalue weighted by molar-refractivity contribution is -0.139. The summed E-state index contributed by atoms with van der Waals surface area (Å²) in [5, 5.41) is 0. The molecule has 0 saturated carbocycles. The Morgan fingerprint density at radius 1 is 1.12 bits per heavy atom. The zero-order chi connectivity index (χ0) is 12.7. The number of ether oxygens (including phenoxy) is 1. The van der Waals surface area contributed by atoms with Crippen LogP contribution in [-0.2, 0) is 0 Å². The maximum absolute atomic E-state index is 12.1. The molecule has 1 aromatic carbocycles. The van der Waals surface area contributed by atoms with Crippen molar-refractivity contribution in [3.63, 3.8) is 0 Å². The topological polar surface area (TPSA) is 9.23 Å². The molecule has 0 aromatic heterocycles. The second kappa shape index (κ2) is 6.52. The lowest BCUT2D eigenvalue weighted by atomic mass is 10.1. The van der Waals surface area contributed by atoms with Crippen LogP contribution < -0.4 is 4.74 Å². The molecule has 0 fully saturated rings. The zero-order valence-corrected chi connectivity index (χ0v) is 9.83. The summed E-state index contributed by atoms with van der Waals surface area (Å²) >= 11 is 0. The van der Waals surface area contributed by atoms with Gasteiger partial charge >= 0.3 is 6.18 Å². The van der Waals surface area contributed by atoms with E-state index in [1.807, 2.05) is 25.1 Å². The summed E-state index contributed by atoms with van der Waals surface area (Å²) in [6.07, 6.45) is -3.77. The molecule has 0 aliphatic heterocycles. The minimum Gasteiger partial charge on any atom is -0.490 e. The minimum absolute atomic E-state index is 0.0201. The summed E-state index contributed by atoms with van der Waals surface area (Å²) in [5.74, 6) is 0.633. The van der Waals surface area contributed by atoms with Gasteiger partial charge < -0.3 is 4.74 Å². The second-order valence-electron chi connectivity index (χ2n) is 4.00. The standard InChI is InChI=1S/C13H17F3O/c1-2-6-11(9-10-13(14,15)16)17-12-7-4-3-5-8-12/h3-5,7-8,11H,2,6,9-10H2,1H3. The third-order valence-electron chi connectivity index (χ3n) is 2.41. The number of halogens is 3. The summed E-state index contributed by atoms with van der Waals surface area (Å²) in [4.78, 5) is 0. The molecule has 0 saturated heterocycles. The van der Waals surface area contributed by atoms with E-state index in [1.165, 1.54) is 0 Å². The fraction of sp³-hybridized carbons (Fsp3) is 0.538. The summed E-state index contributed by atoms with van der Waals surface area (Å²) in [5.41, 5.74) is 0. The highest BCUT2D eigenvalue weighted by atomic mass is 19.4. The van der Waals surface area contributed by atoms with E-state index in [0.717, 1.165) is 6.42 Å². The van der Waals surface area contributed by atoms with E-state index in [1.54, 1.807) is 12.1 Å². The number of hydrogen-bond acceptors (Lipinski definition) is 1. The molecule has 1 atom stereocenters. The van der Waals surface area contributed by atoms with Crippen LogP contribution >= 0.6 is 0 Å². The van der Waals surface area contributed by atoms with Crippen LogP contribution in [0.5, 0.6) is 5.75 Å². The second-order valence-corrected chi connectivity index (χ2v) is 4.00. The Balaban J connectivity index is 2.49. The average molecular weight is 246 g/mol. The van der Waals surface area contributed by atoms with Gasteiger partial charge in [-0.2, -0.15) is 13.2 Å². The molecule has 4 heteroatoms. The van der Waals surface area contributed by atoms with E-state index in [-0.39, 0.29) is 12.5 Å². The molecule has 0 aliphatic rings.